The molecular formula is C21H22BrNO6S. The zero-order valence-electron chi connectivity index (χ0n) is 16.5. The highest BCUT2D eigenvalue weighted by Gasteiger charge is 2.26. The van der Waals surface area contributed by atoms with E-state index in [4.69, 9.17) is 9.47 Å². The van der Waals surface area contributed by atoms with Crippen LogP contribution in [0.2, 0.25) is 0 Å². The van der Waals surface area contributed by atoms with Crippen molar-refractivity contribution in [3.05, 3.63) is 58.1 Å². The van der Waals surface area contributed by atoms with Crippen molar-refractivity contribution < 1.29 is 27.5 Å². The maximum Gasteiger partial charge on any atom is 0.338 e. The lowest BCUT2D eigenvalue weighted by Gasteiger charge is -2.25. The van der Waals surface area contributed by atoms with Crippen molar-refractivity contribution in [2.24, 2.45) is 0 Å². The fourth-order valence-electron chi connectivity index (χ4n) is 3.18. The van der Waals surface area contributed by atoms with Gasteiger partial charge in [-0.25, -0.2) is 13.2 Å². The highest BCUT2D eigenvalue weighted by molar-refractivity contribution is 9.10. The maximum atomic E-state index is 12.8. The van der Waals surface area contributed by atoms with Gasteiger partial charge in [0.1, 0.15) is 5.75 Å². The van der Waals surface area contributed by atoms with E-state index < -0.39 is 22.6 Å². The third-order valence-electron chi connectivity index (χ3n) is 4.83. The molecule has 1 fully saturated rings. The van der Waals surface area contributed by atoms with E-state index in [9.17, 15) is 18.0 Å². The van der Waals surface area contributed by atoms with E-state index in [1.165, 1.54) is 35.7 Å². The lowest BCUT2D eigenvalue weighted by Crippen LogP contribution is -2.35. The number of benzene rings is 2. The predicted octanol–water partition coefficient (Wildman–Crippen LogP) is 3.67. The Hall–Kier alpha value is -2.23. The summed E-state index contributed by atoms with van der Waals surface area (Å²) in [6, 6.07) is 10.5. The van der Waals surface area contributed by atoms with Crippen molar-refractivity contribution in [3.8, 4) is 5.75 Å². The first-order valence-corrected chi connectivity index (χ1v) is 11.7. The minimum atomic E-state index is -3.66. The van der Waals surface area contributed by atoms with E-state index in [0.29, 0.717) is 28.9 Å². The van der Waals surface area contributed by atoms with Gasteiger partial charge in [-0.3, -0.25) is 4.79 Å². The van der Waals surface area contributed by atoms with E-state index in [0.717, 1.165) is 19.3 Å². The summed E-state index contributed by atoms with van der Waals surface area (Å²) < 4.78 is 37.9. The normalized spacial score (nSPS) is 14.9. The lowest BCUT2D eigenvalue weighted by molar-refractivity contribution is 0.0474. The lowest BCUT2D eigenvalue weighted by atomic mass is 10.1. The van der Waals surface area contributed by atoms with E-state index in [1.807, 2.05) is 0 Å². The molecule has 0 spiro atoms. The van der Waals surface area contributed by atoms with E-state index in [2.05, 4.69) is 15.9 Å². The number of Topliss-reactive ketones (excluding diaryl/α,β-unsaturated/α-hetero) is 1. The van der Waals surface area contributed by atoms with E-state index >= 15 is 0 Å². The summed E-state index contributed by atoms with van der Waals surface area (Å²) in [5.74, 6) is -0.564. The number of esters is 1. The Bertz CT molecular complexity index is 1050. The van der Waals surface area contributed by atoms with Crippen LogP contribution < -0.4 is 4.74 Å². The van der Waals surface area contributed by atoms with Crippen molar-refractivity contribution >= 4 is 37.7 Å². The first-order chi connectivity index (χ1) is 14.3. The first kappa shape index (κ1) is 22.5. The van der Waals surface area contributed by atoms with Crippen LogP contribution in [-0.4, -0.2) is 51.3 Å². The molecule has 0 saturated carbocycles. The zero-order chi connectivity index (χ0) is 21.7. The number of nitrogens with zero attached hydrogens (tertiary/aromatic N) is 1. The fraction of sp³-hybridized carbons (Fsp3) is 0.333. The highest BCUT2D eigenvalue weighted by Crippen LogP contribution is 2.26. The number of halogens is 1. The highest BCUT2D eigenvalue weighted by atomic mass is 79.9. The molecule has 0 aromatic heterocycles. The van der Waals surface area contributed by atoms with Gasteiger partial charge in [0.25, 0.3) is 0 Å². The molecule has 2 aromatic rings. The number of hydrogen-bond donors (Lipinski definition) is 0. The number of hydrogen-bond acceptors (Lipinski definition) is 6. The van der Waals surface area contributed by atoms with Crippen molar-refractivity contribution in [1.29, 1.82) is 0 Å². The van der Waals surface area contributed by atoms with Gasteiger partial charge in [-0.05, 0) is 65.2 Å². The first-order valence-electron chi connectivity index (χ1n) is 9.47. The largest absolute Gasteiger partial charge is 0.496 e. The number of ether oxygens (including phenoxy) is 2. The summed E-state index contributed by atoms with van der Waals surface area (Å²) in [6.45, 7) is 0.493. The van der Waals surface area contributed by atoms with Crippen LogP contribution >= 0.6 is 15.9 Å². The molecule has 2 aromatic carbocycles. The van der Waals surface area contributed by atoms with Crippen molar-refractivity contribution in [2.45, 2.75) is 24.2 Å². The molecule has 0 atom stereocenters. The Kier molecular flexibility index (Phi) is 7.27. The minimum Gasteiger partial charge on any atom is -0.496 e. The molecule has 30 heavy (non-hydrogen) atoms. The molecule has 1 aliphatic rings. The summed E-state index contributed by atoms with van der Waals surface area (Å²) in [5, 5.41) is 0. The van der Waals surface area contributed by atoms with Crippen LogP contribution in [0.25, 0.3) is 0 Å². The molecule has 1 saturated heterocycles. The fourth-order valence-corrected chi connectivity index (χ4v) is 5.28. The summed E-state index contributed by atoms with van der Waals surface area (Å²) in [6.07, 6.45) is 2.66. The predicted molar refractivity (Wildman–Crippen MR) is 114 cm³/mol. The molecule has 0 unspecified atom stereocenters. The van der Waals surface area contributed by atoms with Gasteiger partial charge in [-0.2, -0.15) is 4.31 Å². The Labute approximate surface area is 184 Å². The molecular weight excluding hydrogens is 474 g/mol. The Morgan fingerprint density at radius 2 is 1.77 bits per heavy atom. The van der Waals surface area contributed by atoms with Gasteiger partial charge < -0.3 is 9.47 Å². The molecule has 1 aliphatic heterocycles. The molecule has 160 valence electrons. The standard InChI is InChI=1S/C21H22BrNO6S/c1-28-20-9-8-15(13-18(20)22)19(24)14-29-21(25)16-6-5-7-17(12-16)30(26,27)23-10-3-2-4-11-23/h5-9,12-13H,2-4,10-11,14H2,1H3. The van der Waals surface area contributed by atoms with Crippen LogP contribution in [0.3, 0.4) is 0 Å². The quantitative estimate of drug-likeness (QED) is 0.429. The molecule has 0 bridgehead atoms. The van der Waals surface area contributed by atoms with Crippen LogP contribution in [0.1, 0.15) is 40.0 Å². The van der Waals surface area contributed by atoms with Gasteiger partial charge in [-0.15, -0.1) is 0 Å². The second kappa shape index (κ2) is 9.72. The summed E-state index contributed by atoms with van der Waals surface area (Å²) in [5.41, 5.74) is 0.439. The number of methoxy groups -OCH3 is 1. The molecule has 3 rings (SSSR count). The van der Waals surface area contributed by atoms with Gasteiger partial charge in [0.2, 0.25) is 10.0 Å². The second-order valence-corrected chi connectivity index (χ2v) is 9.63. The Morgan fingerprint density at radius 3 is 2.43 bits per heavy atom. The molecule has 7 nitrogen and oxygen atoms in total. The second-order valence-electron chi connectivity index (χ2n) is 6.84. The van der Waals surface area contributed by atoms with Gasteiger partial charge >= 0.3 is 5.97 Å². The van der Waals surface area contributed by atoms with Crippen LogP contribution in [-0.2, 0) is 14.8 Å². The zero-order valence-corrected chi connectivity index (χ0v) is 18.9. The van der Waals surface area contributed by atoms with Crippen molar-refractivity contribution in [3.63, 3.8) is 0 Å². The molecule has 0 amide bonds. The van der Waals surface area contributed by atoms with E-state index in [-0.39, 0.29) is 16.2 Å². The number of sulfonamides is 1. The number of carbonyl (C=O) groups is 2. The van der Waals surface area contributed by atoms with Crippen LogP contribution in [0.5, 0.6) is 5.75 Å². The Morgan fingerprint density at radius 1 is 1.03 bits per heavy atom. The third kappa shape index (κ3) is 5.08. The monoisotopic (exact) mass is 495 g/mol. The molecule has 0 aliphatic carbocycles. The average Bonchev–Trinajstić information content (AvgIpc) is 2.77. The smallest absolute Gasteiger partial charge is 0.338 e. The van der Waals surface area contributed by atoms with Crippen molar-refractivity contribution in [1.82, 2.24) is 4.31 Å². The SMILES string of the molecule is COc1ccc(C(=O)COC(=O)c2cccc(S(=O)(=O)N3CCCCC3)c2)cc1Br. The van der Waals surface area contributed by atoms with Crippen LogP contribution in [0.4, 0.5) is 0 Å². The number of ketones is 1. The minimum absolute atomic E-state index is 0.0456. The molecule has 1 heterocycles. The number of rotatable bonds is 7. The van der Waals surface area contributed by atoms with Gasteiger partial charge in [-0.1, -0.05) is 12.5 Å². The number of carbonyl (C=O) groups excluding carboxylic acids is 2. The van der Waals surface area contributed by atoms with Crippen LogP contribution in [0.15, 0.2) is 51.8 Å². The van der Waals surface area contributed by atoms with Crippen LogP contribution in [0, 0.1) is 0 Å². The number of piperidine rings is 1. The average molecular weight is 496 g/mol. The third-order valence-corrected chi connectivity index (χ3v) is 7.35. The van der Waals surface area contributed by atoms with Crippen molar-refractivity contribution in [2.75, 3.05) is 26.8 Å². The molecule has 0 radical (unpaired) electrons. The summed E-state index contributed by atoms with van der Waals surface area (Å²) in [4.78, 5) is 24.8. The van der Waals surface area contributed by atoms with Gasteiger partial charge in [0, 0.05) is 18.7 Å². The molecule has 9 heteroatoms. The topological polar surface area (TPSA) is 90.0 Å². The summed E-state index contributed by atoms with van der Waals surface area (Å²) >= 11 is 3.31. The van der Waals surface area contributed by atoms with Gasteiger partial charge in [0.15, 0.2) is 12.4 Å². The summed E-state index contributed by atoms with van der Waals surface area (Å²) in [7, 11) is -2.15. The Balaban J connectivity index is 1.68. The molecule has 0 N–H and O–H groups in total. The van der Waals surface area contributed by atoms with Gasteiger partial charge in [0.05, 0.1) is 22.0 Å². The van der Waals surface area contributed by atoms with E-state index in [1.54, 1.807) is 18.2 Å². The maximum absolute atomic E-state index is 12.8.